The number of amides is 2. The van der Waals surface area contributed by atoms with Gasteiger partial charge in [-0.05, 0) is 69.2 Å². The first kappa shape index (κ1) is 22.9. The number of hydrogen-bond acceptors (Lipinski definition) is 5. The Balaban J connectivity index is 1.33. The van der Waals surface area contributed by atoms with Crippen molar-refractivity contribution in [3.63, 3.8) is 0 Å². The van der Waals surface area contributed by atoms with Crippen molar-refractivity contribution in [3.05, 3.63) is 77.6 Å². The zero-order valence-electron chi connectivity index (χ0n) is 18.5. The fourth-order valence-corrected chi connectivity index (χ4v) is 3.25. The number of anilines is 3. The number of unbranched alkanes of at least 4 members (excludes halogenated alkanes) is 2. The van der Waals surface area contributed by atoms with Crippen molar-refractivity contribution in [2.75, 3.05) is 17.2 Å². The van der Waals surface area contributed by atoms with Gasteiger partial charge in [0.15, 0.2) is 0 Å². The molecular formula is C25H29N5O2. The summed E-state index contributed by atoms with van der Waals surface area (Å²) in [5.41, 5.74) is 4.07. The van der Waals surface area contributed by atoms with Gasteiger partial charge in [0.05, 0.1) is 0 Å². The topological polar surface area (TPSA) is 96.0 Å². The lowest BCUT2D eigenvalue weighted by atomic mass is 10.1. The molecule has 0 spiro atoms. The number of carbonyl (C=O) groups is 2. The molecule has 32 heavy (non-hydrogen) atoms. The van der Waals surface area contributed by atoms with Gasteiger partial charge in [0.2, 0.25) is 11.9 Å². The highest BCUT2D eigenvalue weighted by Gasteiger charge is 2.05. The van der Waals surface area contributed by atoms with E-state index in [9.17, 15) is 9.59 Å². The van der Waals surface area contributed by atoms with Crippen LogP contribution in [0.25, 0.3) is 0 Å². The molecule has 1 aromatic heterocycles. The molecule has 0 radical (unpaired) electrons. The van der Waals surface area contributed by atoms with E-state index >= 15 is 0 Å². The molecule has 0 saturated heterocycles. The first-order valence-electron chi connectivity index (χ1n) is 10.8. The highest BCUT2D eigenvalue weighted by molar-refractivity contribution is 5.94. The summed E-state index contributed by atoms with van der Waals surface area (Å²) in [6.07, 6.45) is 2.94. The van der Waals surface area contributed by atoms with Crippen LogP contribution in [0.1, 0.15) is 47.4 Å². The summed E-state index contributed by atoms with van der Waals surface area (Å²) in [6, 6.07) is 18.5. The Bertz CT molecular complexity index is 1020. The molecule has 0 aliphatic heterocycles. The number of nitrogens with one attached hydrogen (secondary N) is 3. The van der Waals surface area contributed by atoms with E-state index in [0.717, 1.165) is 42.0 Å². The van der Waals surface area contributed by atoms with Crippen LogP contribution in [0.15, 0.2) is 60.7 Å². The van der Waals surface area contributed by atoms with E-state index in [1.54, 1.807) is 12.1 Å². The lowest BCUT2D eigenvalue weighted by Gasteiger charge is -2.09. The van der Waals surface area contributed by atoms with Gasteiger partial charge in [-0.3, -0.25) is 9.59 Å². The maximum Gasteiger partial charge on any atom is 0.251 e. The summed E-state index contributed by atoms with van der Waals surface area (Å²) < 4.78 is 0. The first-order chi connectivity index (χ1) is 15.5. The van der Waals surface area contributed by atoms with Crippen molar-refractivity contribution in [3.8, 4) is 0 Å². The Morgan fingerprint density at radius 1 is 0.812 bits per heavy atom. The molecule has 166 valence electrons. The van der Waals surface area contributed by atoms with Crippen molar-refractivity contribution in [1.29, 1.82) is 0 Å². The van der Waals surface area contributed by atoms with Crippen molar-refractivity contribution >= 4 is 29.1 Å². The molecule has 0 fully saturated rings. The third kappa shape index (κ3) is 7.50. The summed E-state index contributed by atoms with van der Waals surface area (Å²) in [7, 11) is 0. The summed E-state index contributed by atoms with van der Waals surface area (Å²) in [4.78, 5) is 32.9. The number of nitrogens with zero attached hydrogens (tertiary/aromatic N) is 2. The fraction of sp³-hybridized carbons (Fsp3) is 0.280. The highest BCUT2D eigenvalue weighted by Crippen LogP contribution is 2.17. The Kier molecular flexibility index (Phi) is 8.31. The van der Waals surface area contributed by atoms with Crippen molar-refractivity contribution in [2.45, 2.75) is 39.5 Å². The third-order valence-electron chi connectivity index (χ3n) is 4.81. The van der Waals surface area contributed by atoms with E-state index in [0.29, 0.717) is 24.5 Å². The van der Waals surface area contributed by atoms with Crippen LogP contribution < -0.4 is 16.0 Å². The van der Waals surface area contributed by atoms with Crippen molar-refractivity contribution in [2.24, 2.45) is 0 Å². The SMILES string of the molecule is Cc1cc(C)nc(Nc2ccc(NC(=O)CCCCCNC(=O)c3ccccc3)cc2)n1. The van der Waals surface area contributed by atoms with Gasteiger partial charge in [0.25, 0.3) is 5.91 Å². The average molecular weight is 432 g/mol. The zero-order valence-corrected chi connectivity index (χ0v) is 18.5. The van der Waals surface area contributed by atoms with Crippen LogP contribution in [0.4, 0.5) is 17.3 Å². The minimum Gasteiger partial charge on any atom is -0.352 e. The van der Waals surface area contributed by atoms with E-state index in [4.69, 9.17) is 0 Å². The monoisotopic (exact) mass is 431 g/mol. The number of aromatic nitrogens is 2. The molecule has 3 aromatic rings. The van der Waals surface area contributed by atoms with Gasteiger partial charge in [-0.2, -0.15) is 0 Å². The maximum atomic E-state index is 12.2. The molecule has 0 bridgehead atoms. The van der Waals surface area contributed by atoms with Gasteiger partial charge in [0.1, 0.15) is 0 Å². The van der Waals surface area contributed by atoms with Crippen LogP contribution in [0.5, 0.6) is 0 Å². The normalized spacial score (nSPS) is 10.4. The minimum atomic E-state index is -0.0645. The lowest BCUT2D eigenvalue weighted by Crippen LogP contribution is -2.24. The molecule has 0 aliphatic carbocycles. The molecule has 2 amide bonds. The smallest absolute Gasteiger partial charge is 0.251 e. The zero-order chi connectivity index (χ0) is 22.8. The quantitative estimate of drug-likeness (QED) is 0.402. The number of rotatable bonds is 10. The Hall–Kier alpha value is -3.74. The van der Waals surface area contributed by atoms with Crippen LogP contribution in [0, 0.1) is 13.8 Å². The van der Waals surface area contributed by atoms with Gasteiger partial charge < -0.3 is 16.0 Å². The molecule has 0 aliphatic rings. The summed E-state index contributed by atoms with van der Waals surface area (Å²) >= 11 is 0. The summed E-state index contributed by atoms with van der Waals surface area (Å²) in [5.74, 6) is 0.473. The molecule has 0 saturated carbocycles. The third-order valence-corrected chi connectivity index (χ3v) is 4.81. The number of aryl methyl sites for hydroxylation is 2. The summed E-state index contributed by atoms with van der Waals surface area (Å²) in [5, 5.41) is 8.99. The van der Waals surface area contributed by atoms with Crippen LogP contribution in [0.2, 0.25) is 0 Å². The Morgan fingerprint density at radius 2 is 1.47 bits per heavy atom. The lowest BCUT2D eigenvalue weighted by molar-refractivity contribution is -0.116. The van der Waals surface area contributed by atoms with E-state index in [1.807, 2.05) is 62.4 Å². The molecule has 3 N–H and O–H groups in total. The second kappa shape index (κ2) is 11.6. The largest absolute Gasteiger partial charge is 0.352 e. The van der Waals surface area contributed by atoms with Gasteiger partial charge in [0, 0.05) is 41.3 Å². The fourth-order valence-electron chi connectivity index (χ4n) is 3.25. The number of benzene rings is 2. The maximum absolute atomic E-state index is 12.2. The first-order valence-corrected chi connectivity index (χ1v) is 10.8. The van der Waals surface area contributed by atoms with E-state index in [-0.39, 0.29) is 11.8 Å². The van der Waals surface area contributed by atoms with E-state index < -0.39 is 0 Å². The summed E-state index contributed by atoms with van der Waals surface area (Å²) in [6.45, 7) is 4.46. The molecular weight excluding hydrogens is 402 g/mol. The molecule has 2 aromatic carbocycles. The second-order valence-electron chi connectivity index (χ2n) is 7.66. The number of hydrogen-bond donors (Lipinski definition) is 3. The molecule has 1 heterocycles. The van der Waals surface area contributed by atoms with Crippen LogP contribution >= 0.6 is 0 Å². The van der Waals surface area contributed by atoms with E-state index in [1.165, 1.54) is 0 Å². The van der Waals surface area contributed by atoms with Gasteiger partial charge in [-0.25, -0.2) is 9.97 Å². The van der Waals surface area contributed by atoms with Gasteiger partial charge in [-0.15, -0.1) is 0 Å². The molecule has 7 nitrogen and oxygen atoms in total. The Morgan fingerprint density at radius 3 is 2.16 bits per heavy atom. The highest BCUT2D eigenvalue weighted by atomic mass is 16.2. The predicted molar refractivity (Wildman–Crippen MR) is 127 cm³/mol. The van der Waals surface area contributed by atoms with Gasteiger partial charge in [-0.1, -0.05) is 24.6 Å². The number of carbonyl (C=O) groups excluding carboxylic acids is 2. The minimum absolute atomic E-state index is 0.0170. The molecule has 0 unspecified atom stereocenters. The van der Waals surface area contributed by atoms with Crippen LogP contribution in [0.3, 0.4) is 0 Å². The molecule has 3 rings (SSSR count). The van der Waals surface area contributed by atoms with Crippen LogP contribution in [-0.2, 0) is 4.79 Å². The molecule has 7 heteroatoms. The van der Waals surface area contributed by atoms with E-state index in [2.05, 4.69) is 25.9 Å². The molecule has 0 atom stereocenters. The van der Waals surface area contributed by atoms with Gasteiger partial charge >= 0.3 is 0 Å². The second-order valence-corrected chi connectivity index (χ2v) is 7.66. The van der Waals surface area contributed by atoms with Crippen molar-refractivity contribution in [1.82, 2.24) is 15.3 Å². The predicted octanol–water partition coefficient (Wildman–Crippen LogP) is 4.77. The average Bonchev–Trinajstić information content (AvgIpc) is 2.77. The standard InChI is InChI=1S/C25H29N5O2/c1-18-17-19(2)28-25(27-18)30-22-14-12-21(13-15-22)29-23(31)11-7-4-8-16-26-24(32)20-9-5-3-6-10-20/h3,5-6,9-10,12-15,17H,4,7-8,11,16H2,1-2H3,(H,26,32)(H,29,31)(H,27,28,30). The Labute approximate surface area is 188 Å². The van der Waals surface area contributed by atoms with Crippen LogP contribution in [-0.4, -0.2) is 28.3 Å². The van der Waals surface area contributed by atoms with Crippen molar-refractivity contribution < 1.29 is 9.59 Å².